The standard InChI is InChI=1S/C16H15N3O3/c1-15-5-6-16(2,22-15)12-11(15)13(20)19(14(12)21)10-4-3-9(7-17)18-8-10/h3-4,8,11-12H,5-6H2,1-2H3. The molecule has 0 spiro atoms. The lowest BCUT2D eigenvalue weighted by atomic mass is 9.69. The Balaban J connectivity index is 1.77. The van der Waals surface area contributed by atoms with Crippen LogP contribution in [0.4, 0.5) is 5.69 Å². The summed E-state index contributed by atoms with van der Waals surface area (Å²) in [7, 11) is 0. The molecular formula is C16H15N3O3. The average Bonchev–Trinajstić information content (AvgIpc) is 3.04. The summed E-state index contributed by atoms with van der Waals surface area (Å²) in [6.45, 7) is 3.85. The van der Waals surface area contributed by atoms with Crippen molar-refractivity contribution in [2.75, 3.05) is 4.90 Å². The molecule has 3 aliphatic heterocycles. The molecule has 2 amide bonds. The highest BCUT2D eigenvalue weighted by Gasteiger charge is 2.72. The fourth-order valence-electron chi connectivity index (χ4n) is 4.31. The van der Waals surface area contributed by atoms with Crippen LogP contribution in [0.3, 0.4) is 0 Å². The van der Waals surface area contributed by atoms with Crippen LogP contribution >= 0.6 is 0 Å². The second-order valence-corrected chi connectivity index (χ2v) is 6.71. The van der Waals surface area contributed by atoms with Gasteiger partial charge in [-0.1, -0.05) is 0 Å². The van der Waals surface area contributed by atoms with Crippen molar-refractivity contribution in [3.63, 3.8) is 0 Å². The third kappa shape index (κ3) is 1.44. The first-order chi connectivity index (χ1) is 10.4. The van der Waals surface area contributed by atoms with Gasteiger partial charge in [0, 0.05) is 0 Å². The van der Waals surface area contributed by atoms with E-state index >= 15 is 0 Å². The molecule has 4 unspecified atom stereocenters. The van der Waals surface area contributed by atoms with Crippen LogP contribution in [0.25, 0.3) is 0 Å². The molecule has 0 saturated carbocycles. The van der Waals surface area contributed by atoms with Gasteiger partial charge in [-0.05, 0) is 38.8 Å². The number of carbonyl (C=O) groups is 2. The minimum atomic E-state index is -0.555. The van der Waals surface area contributed by atoms with Gasteiger partial charge in [0.15, 0.2) is 0 Å². The number of hydrogen-bond donors (Lipinski definition) is 0. The molecule has 112 valence electrons. The lowest BCUT2D eigenvalue weighted by Crippen LogP contribution is -2.40. The van der Waals surface area contributed by atoms with Crippen LogP contribution in [0.1, 0.15) is 32.4 Å². The minimum Gasteiger partial charge on any atom is -0.367 e. The number of pyridine rings is 1. The van der Waals surface area contributed by atoms with Crippen molar-refractivity contribution in [3.8, 4) is 6.07 Å². The largest absolute Gasteiger partial charge is 0.367 e. The fourth-order valence-corrected chi connectivity index (χ4v) is 4.31. The number of amides is 2. The predicted molar refractivity (Wildman–Crippen MR) is 75.6 cm³/mol. The molecule has 1 aromatic rings. The Hall–Kier alpha value is -2.26. The van der Waals surface area contributed by atoms with Crippen molar-refractivity contribution in [1.82, 2.24) is 4.98 Å². The van der Waals surface area contributed by atoms with Crippen molar-refractivity contribution >= 4 is 17.5 Å². The summed E-state index contributed by atoms with van der Waals surface area (Å²) >= 11 is 0. The molecule has 4 heterocycles. The van der Waals surface area contributed by atoms with E-state index in [1.54, 1.807) is 6.07 Å². The van der Waals surface area contributed by atoms with Gasteiger partial charge in [0.2, 0.25) is 11.8 Å². The molecule has 0 N–H and O–H groups in total. The highest BCUT2D eigenvalue weighted by Crippen LogP contribution is 2.60. The van der Waals surface area contributed by atoms with Gasteiger partial charge >= 0.3 is 0 Å². The summed E-state index contributed by atoms with van der Waals surface area (Å²) < 4.78 is 6.05. The lowest BCUT2D eigenvalue weighted by Gasteiger charge is -2.27. The van der Waals surface area contributed by atoms with Crippen LogP contribution in [0.15, 0.2) is 18.3 Å². The van der Waals surface area contributed by atoms with Crippen LogP contribution in [-0.4, -0.2) is 28.0 Å². The maximum Gasteiger partial charge on any atom is 0.240 e. The van der Waals surface area contributed by atoms with Crippen LogP contribution in [0, 0.1) is 23.2 Å². The van der Waals surface area contributed by atoms with Gasteiger partial charge in [-0.25, -0.2) is 9.88 Å². The van der Waals surface area contributed by atoms with Gasteiger partial charge in [-0.3, -0.25) is 9.59 Å². The van der Waals surface area contributed by atoms with Gasteiger partial charge in [0.05, 0.1) is 34.9 Å². The summed E-state index contributed by atoms with van der Waals surface area (Å²) in [5, 5.41) is 8.80. The quantitative estimate of drug-likeness (QED) is 0.732. The summed E-state index contributed by atoms with van der Waals surface area (Å²) in [5.74, 6) is -1.27. The van der Waals surface area contributed by atoms with E-state index in [0.717, 1.165) is 12.8 Å². The molecule has 6 nitrogen and oxygen atoms in total. The topological polar surface area (TPSA) is 83.3 Å². The van der Waals surface area contributed by atoms with Gasteiger partial charge in [-0.15, -0.1) is 0 Å². The summed E-state index contributed by atoms with van der Waals surface area (Å²) in [4.78, 5) is 30.8. The van der Waals surface area contributed by atoms with Crippen LogP contribution in [-0.2, 0) is 14.3 Å². The first-order valence-electron chi connectivity index (χ1n) is 7.34. The second kappa shape index (κ2) is 3.93. The number of fused-ring (bicyclic) bond motifs is 5. The maximum absolute atomic E-state index is 12.8. The molecule has 0 aliphatic carbocycles. The number of aromatic nitrogens is 1. The number of anilines is 1. The zero-order valence-corrected chi connectivity index (χ0v) is 12.4. The zero-order chi connectivity index (χ0) is 15.7. The van der Waals surface area contributed by atoms with E-state index in [0.29, 0.717) is 5.69 Å². The Morgan fingerprint density at radius 3 is 2.27 bits per heavy atom. The van der Waals surface area contributed by atoms with E-state index in [9.17, 15) is 9.59 Å². The SMILES string of the molecule is CC12CCC(C)(O1)C1C(=O)N(c3ccc(C#N)nc3)C(=O)C12. The number of rotatable bonds is 1. The molecule has 3 saturated heterocycles. The number of nitrogens with zero attached hydrogens (tertiary/aromatic N) is 3. The van der Waals surface area contributed by atoms with E-state index in [4.69, 9.17) is 10.00 Å². The predicted octanol–water partition coefficient (Wildman–Crippen LogP) is 1.40. The third-order valence-electron chi connectivity index (χ3n) is 5.33. The van der Waals surface area contributed by atoms with Crippen molar-refractivity contribution in [1.29, 1.82) is 5.26 Å². The Kier molecular flexibility index (Phi) is 2.39. The Morgan fingerprint density at radius 2 is 1.82 bits per heavy atom. The molecule has 0 radical (unpaired) electrons. The molecule has 3 aliphatic rings. The molecule has 2 bridgehead atoms. The average molecular weight is 297 g/mol. The van der Waals surface area contributed by atoms with E-state index in [1.807, 2.05) is 19.9 Å². The smallest absolute Gasteiger partial charge is 0.240 e. The molecular weight excluding hydrogens is 282 g/mol. The first-order valence-corrected chi connectivity index (χ1v) is 7.34. The summed E-state index contributed by atoms with van der Waals surface area (Å²) in [5.41, 5.74) is -0.428. The summed E-state index contributed by atoms with van der Waals surface area (Å²) in [6.07, 6.45) is 3.00. The highest BCUT2D eigenvalue weighted by atomic mass is 16.5. The molecule has 0 aromatic carbocycles. The van der Waals surface area contributed by atoms with Crippen LogP contribution in [0.5, 0.6) is 0 Å². The number of nitriles is 1. The number of hydrogen-bond acceptors (Lipinski definition) is 5. The van der Waals surface area contributed by atoms with Crippen molar-refractivity contribution in [2.24, 2.45) is 11.8 Å². The fraction of sp³-hybridized carbons (Fsp3) is 0.500. The maximum atomic E-state index is 12.8. The molecule has 3 fully saturated rings. The van der Waals surface area contributed by atoms with Gasteiger partial charge in [0.1, 0.15) is 11.8 Å². The molecule has 1 aromatic heterocycles. The van der Waals surface area contributed by atoms with E-state index in [1.165, 1.54) is 17.2 Å². The normalized spacial score (nSPS) is 39.2. The zero-order valence-electron chi connectivity index (χ0n) is 12.4. The van der Waals surface area contributed by atoms with Crippen LogP contribution in [0.2, 0.25) is 0 Å². The first kappa shape index (κ1) is 13.4. The Morgan fingerprint density at radius 1 is 1.23 bits per heavy atom. The molecule has 6 heteroatoms. The van der Waals surface area contributed by atoms with Crippen LogP contribution < -0.4 is 4.90 Å². The Bertz CT molecular complexity index is 704. The van der Waals surface area contributed by atoms with Gasteiger partial charge in [-0.2, -0.15) is 5.26 Å². The molecule has 4 rings (SSSR count). The minimum absolute atomic E-state index is 0.215. The van der Waals surface area contributed by atoms with E-state index < -0.39 is 23.0 Å². The monoisotopic (exact) mass is 297 g/mol. The van der Waals surface area contributed by atoms with E-state index in [-0.39, 0.29) is 17.5 Å². The summed E-state index contributed by atoms with van der Waals surface area (Å²) in [6, 6.07) is 5.03. The Labute approximate surface area is 127 Å². The number of carbonyl (C=O) groups excluding carboxylic acids is 2. The number of ether oxygens (including phenoxy) is 1. The lowest BCUT2D eigenvalue weighted by molar-refractivity contribution is -0.129. The number of imide groups is 1. The second-order valence-electron chi connectivity index (χ2n) is 6.71. The van der Waals surface area contributed by atoms with Gasteiger partial charge < -0.3 is 4.74 Å². The third-order valence-corrected chi connectivity index (χ3v) is 5.33. The molecule has 22 heavy (non-hydrogen) atoms. The molecule has 4 atom stereocenters. The van der Waals surface area contributed by atoms with Crippen molar-refractivity contribution in [2.45, 2.75) is 37.9 Å². The highest BCUT2D eigenvalue weighted by molar-refractivity contribution is 6.23. The van der Waals surface area contributed by atoms with Gasteiger partial charge in [0.25, 0.3) is 0 Å². The van der Waals surface area contributed by atoms with Crippen molar-refractivity contribution < 1.29 is 14.3 Å². The van der Waals surface area contributed by atoms with E-state index in [2.05, 4.69) is 4.98 Å². The van der Waals surface area contributed by atoms with Crippen molar-refractivity contribution in [3.05, 3.63) is 24.0 Å².